The minimum Gasteiger partial charge on any atom is -0.337 e. The van der Waals surface area contributed by atoms with Crippen molar-refractivity contribution in [2.75, 3.05) is 26.2 Å². The number of likely N-dealkylation sites (tertiary alicyclic amines) is 2. The fourth-order valence-corrected chi connectivity index (χ4v) is 5.94. The Morgan fingerprint density at radius 2 is 1.73 bits per heavy atom. The highest BCUT2D eigenvalue weighted by Crippen LogP contribution is 2.31. The number of rotatable bonds is 9. The number of piperidine rings is 1. The predicted octanol–water partition coefficient (Wildman–Crippen LogP) is 5.37. The van der Waals surface area contributed by atoms with E-state index in [-0.39, 0.29) is 5.91 Å². The van der Waals surface area contributed by atoms with Crippen LogP contribution >= 0.6 is 0 Å². The summed E-state index contributed by atoms with van der Waals surface area (Å²) in [4.78, 5) is 32.0. The third kappa shape index (κ3) is 5.77. The largest absolute Gasteiger partial charge is 0.337 e. The van der Waals surface area contributed by atoms with Crippen LogP contribution in [-0.4, -0.2) is 67.4 Å². The van der Waals surface area contributed by atoms with Gasteiger partial charge in [-0.25, -0.2) is 15.0 Å². The molecule has 0 spiro atoms. The average molecular weight is 501 g/mol. The SMILES string of the molecule is CCCCCCc1cccc(-c2nc(-c3cncnc3)c(C(=O)N3CCC(N4CCCC4)CC3)n2C)c1. The first-order valence-corrected chi connectivity index (χ1v) is 14.1. The van der Waals surface area contributed by atoms with Crippen LogP contribution in [-0.2, 0) is 13.5 Å². The third-order valence-corrected chi connectivity index (χ3v) is 8.04. The van der Waals surface area contributed by atoms with Crippen LogP contribution in [0.15, 0.2) is 43.0 Å². The van der Waals surface area contributed by atoms with Crippen LogP contribution in [0.3, 0.4) is 0 Å². The molecule has 1 aromatic carbocycles. The van der Waals surface area contributed by atoms with Crippen molar-refractivity contribution in [1.82, 2.24) is 29.3 Å². The summed E-state index contributed by atoms with van der Waals surface area (Å²) in [7, 11) is 1.97. The predicted molar refractivity (Wildman–Crippen MR) is 147 cm³/mol. The minimum atomic E-state index is 0.0516. The summed E-state index contributed by atoms with van der Waals surface area (Å²) in [5, 5.41) is 0. The Labute approximate surface area is 220 Å². The molecule has 0 atom stereocenters. The number of benzene rings is 1. The molecule has 0 bridgehead atoms. The zero-order valence-corrected chi connectivity index (χ0v) is 22.4. The summed E-state index contributed by atoms with van der Waals surface area (Å²) in [5.74, 6) is 0.861. The van der Waals surface area contributed by atoms with E-state index in [2.05, 4.69) is 46.1 Å². The molecule has 37 heavy (non-hydrogen) atoms. The van der Waals surface area contributed by atoms with E-state index in [1.54, 1.807) is 12.4 Å². The van der Waals surface area contributed by atoms with Crippen molar-refractivity contribution >= 4 is 5.91 Å². The van der Waals surface area contributed by atoms with Crippen molar-refractivity contribution in [1.29, 1.82) is 0 Å². The number of unbranched alkanes of at least 4 members (excludes halogenated alkanes) is 3. The van der Waals surface area contributed by atoms with Gasteiger partial charge in [-0.2, -0.15) is 0 Å². The van der Waals surface area contributed by atoms with Gasteiger partial charge in [0.2, 0.25) is 0 Å². The van der Waals surface area contributed by atoms with Gasteiger partial charge in [0.15, 0.2) is 0 Å². The zero-order valence-electron chi connectivity index (χ0n) is 22.4. The van der Waals surface area contributed by atoms with Gasteiger partial charge in [-0.1, -0.05) is 44.4 Å². The summed E-state index contributed by atoms with van der Waals surface area (Å²) < 4.78 is 1.98. The second kappa shape index (κ2) is 12.0. The van der Waals surface area contributed by atoms with Gasteiger partial charge in [0.1, 0.15) is 23.5 Å². The lowest BCUT2D eigenvalue weighted by Gasteiger charge is -2.36. The molecule has 7 heteroatoms. The molecule has 3 aromatic rings. The number of imidazole rings is 1. The number of hydrogen-bond acceptors (Lipinski definition) is 5. The van der Waals surface area contributed by atoms with E-state index in [0.29, 0.717) is 17.4 Å². The van der Waals surface area contributed by atoms with E-state index < -0.39 is 0 Å². The van der Waals surface area contributed by atoms with Gasteiger partial charge in [-0.05, 0) is 63.2 Å². The quantitative estimate of drug-likeness (QED) is 0.370. The highest BCUT2D eigenvalue weighted by Gasteiger charge is 2.32. The molecule has 5 rings (SSSR count). The van der Waals surface area contributed by atoms with Crippen molar-refractivity contribution in [2.45, 2.75) is 70.8 Å². The molecule has 196 valence electrons. The summed E-state index contributed by atoms with van der Waals surface area (Å²) in [5.41, 5.74) is 4.42. The standard InChI is InChI=1S/C30H40N6O/c1-3-4-5-6-10-23-11-9-12-24(19-23)29-33-27(25-20-31-22-32-21-25)28(34(29)2)30(37)36-17-13-26(14-18-36)35-15-7-8-16-35/h9,11-12,19-22,26H,3-8,10,13-18H2,1-2H3. The lowest BCUT2D eigenvalue weighted by atomic mass is 10.0. The molecule has 0 unspecified atom stereocenters. The highest BCUT2D eigenvalue weighted by atomic mass is 16.2. The topological polar surface area (TPSA) is 67.2 Å². The van der Waals surface area contributed by atoms with Crippen LogP contribution in [0.4, 0.5) is 0 Å². The molecule has 0 radical (unpaired) electrons. The fraction of sp³-hybridized carbons (Fsp3) is 0.533. The van der Waals surface area contributed by atoms with Gasteiger partial charge in [-0.15, -0.1) is 0 Å². The molecule has 2 fully saturated rings. The van der Waals surface area contributed by atoms with Crippen LogP contribution in [0.5, 0.6) is 0 Å². The maximum Gasteiger partial charge on any atom is 0.272 e. The molecule has 4 heterocycles. The highest BCUT2D eigenvalue weighted by molar-refractivity contribution is 5.99. The van der Waals surface area contributed by atoms with Crippen molar-refractivity contribution in [2.24, 2.45) is 7.05 Å². The molecule has 2 saturated heterocycles. The van der Waals surface area contributed by atoms with Gasteiger partial charge in [-0.3, -0.25) is 4.79 Å². The van der Waals surface area contributed by atoms with Gasteiger partial charge in [0, 0.05) is 49.7 Å². The van der Waals surface area contributed by atoms with Crippen LogP contribution in [0.1, 0.15) is 74.3 Å². The lowest BCUT2D eigenvalue weighted by molar-refractivity contribution is 0.0636. The number of aryl methyl sites for hydroxylation is 1. The lowest BCUT2D eigenvalue weighted by Crippen LogP contribution is -2.46. The molecule has 2 aliphatic heterocycles. The zero-order chi connectivity index (χ0) is 25.6. The summed E-state index contributed by atoms with van der Waals surface area (Å²) >= 11 is 0. The fourth-order valence-electron chi connectivity index (χ4n) is 5.94. The van der Waals surface area contributed by atoms with Gasteiger partial charge in [0.25, 0.3) is 5.91 Å². The van der Waals surface area contributed by atoms with Crippen molar-refractivity contribution in [3.05, 3.63) is 54.2 Å². The first-order valence-electron chi connectivity index (χ1n) is 14.1. The Morgan fingerprint density at radius 1 is 0.973 bits per heavy atom. The Balaban J connectivity index is 1.41. The normalized spacial score (nSPS) is 17.0. The number of nitrogens with zero attached hydrogens (tertiary/aromatic N) is 6. The van der Waals surface area contributed by atoms with Crippen LogP contribution in [0.25, 0.3) is 22.6 Å². The number of carbonyl (C=O) groups excluding carboxylic acids is 1. The van der Waals surface area contributed by atoms with Crippen LogP contribution in [0.2, 0.25) is 0 Å². The number of carbonyl (C=O) groups is 1. The van der Waals surface area contributed by atoms with E-state index in [9.17, 15) is 4.79 Å². The number of hydrogen-bond donors (Lipinski definition) is 0. The van der Waals surface area contributed by atoms with Crippen molar-refractivity contribution < 1.29 is 4.79 Å². The summed E-state index contributed by atoms with van der Waals surface area (Å²) in [6.45, 7) is 6.24. The van der Waals surface area contributed by atoms with Crippen molar-refractivity contribution in [3.63, 3.8) is 0 Å². The van der Waals surface area contributed by atoms with Crippen LogP contribution in [0, 0.1) is 0 Å². The first-order chi connectivity index (χ1) is 18.2. The third-order valence-electron chi connectivity index (χ3n) is 8.04. The summed E-state index contributed by atoms with van der Waals surface area (Å²) in [6, 6.07) is 9.24. The summed E-state index contributed by atoms with van der Waals surface area (Å²) in [6.07, 6.45) is 15.7. The second-order valence-electron chi connectivity index (χ2n) is 10.6. The van der Waals surface area contributed by atoms with E-state index in [1.165, 1.54) is 63.5 Å². The average Bonchev–Trinajstić information content (AvgIpc) is 3.60. The Hall–Kier alpha value is -3.06. The molecule has 0 N–H and O–H groups in total. The minimum absolute atomic E-state index is 0.0516. The molecular formula is C30H40N6O. The Kier molecular flexibility index (Phi) is 8.29. The van der Waals surface area contributed by atoms with Crippen molar-refractivity contribution in [3.8, 4) is 22.6 Å². The molecule has 0 aliphatic carbocycles. The Morgan fingerprint density at radius 3 is 2.46 bits per heavy atom. The van der Waals surface area contributed by atoms with E-state index in [1.807, 2.05) is 16.5 Å². The molecule has 0 saturated carbocycles. The Bertz CT molecular complexity index is 1180. The van der Waals surface area contributed by atoms with Gasteiger partial charge >= 0.3 is 0 Å². The van der Waals surface area contributed by atoms with Gasteiger partial charge in [0.05, 0.1) is 0 Å². The monoisotopic (exact) mass is 500 g/mol. The molecule has 7 nitrogen and oxygen atoms in total. The maximum atomic E-state index is 14.0. The molecular weight excluding hydrogens is 460 g/mol. The number of aromatic nitrogens is 4. The van der Waals surface area contributed by atoms with E-state index in [0.717, 1.165) is 49.3 Å². The van der Waals surface area contributed by atoms with Crippen LogP contribution < -0.4 is 0 Å². The van der Waals surface area contributed by atoms with E-state index in [4.69, 9.17) is 4.98 Å². The first kappa shape index (κ1) is 25.6. The smallest absolute Gasteiger partial charge is 0.272 e. The number of amides is 1. The van der Waals surface area contributed by atoms with E-state index >= 15 is 0 Å². The maximum absolute atomic E-state index is 14.0. The molecule has 1 amide bonds. The molecule has 2 aromatic heterocycles. The molecule has 2 aliphatic rings. The second-order valence-corrected chi connectivity index (χ2v) is 10.6. The van der Waals surface area contributed by atoms with Gasteiger partial charge < -0.3 is 14.4 Å².